The fourth-order valence-electron chi connectivity index (χ4n) is 1.83. The van der Waals surface area contributed by atoms with E-state index in [4.69, 9.17) is 5.73 Å². The van der Waals surface area contributed by atoms with Crippen LogP contribution in [0.3, 0.4) is 0 Å². The molecule has 0 fully saturated rings. The molecular formula is C14H11F4N. The van der Waals surface area contributed by atoms with Crippen molar-refractivity contribution in [3.05, 3.63) is 65.0 Å². The van der Waals surface area contributed by atoms with Gasteiger partial charge in [0.2, 0.25) is 0 Å². The fourth-order valence-corrected chi connectivity index (χ4v) is 1.83. The van der Waals surface area contributed by atoms with E-state index in [0.29, 0.717) is 5.56 Å². The van der Waals surface area contributed by atoms with Crippen LogP contribution in [0.4, 0.5) is 23.2 Å². The van der Waals surface area contributed by atoms with Gasteiger partial charge in [-0.25, -0.2) is 4.39 Å². The summed E-state index contributed by atoms with van der Waals surface area (Å²) >= 11 is 0. The maximum Gasteiger partial charge on any atom is 0.416 e. The number of hydrogen-bond donors (Lipinski definition) is 1. The lowest BCUT2D eigenvalue weighted by molar-refractivity contribution is -0.138. The van der Waals surface area contributed by atoms with Gasteiger partial charge in [0, 0.05) is 5.69 Å². The van der Waals surface area contributed by atoms with Gasteiger partial charge in [-0.1, -0.05) is 18.2 Å². The second kappa shape index (κ2) is 4.91. The zero-order valence-electron chi connectivity index (χ0n) is 9.84. The number of nitrogens with two attached hydrogens (primary N) is 1. The highest BCUT2D eigenvalue weighted by atomic mass is 19.4. The first-order valence-corrected chi connectivity index (χ1v) is 5.56. The Balaban J connectivity index is 2.37. The quantitative estimate of drug-likeness (QED) is 0.646. The number of anilines is 1. The lowest BCUT2D eigenvalue weighted by Crippen LogP contribution is -2.10. The standard InChI is InChI=1S/C14H11F4N/c15-11-4-1-9(2-5-11)7-10-3-6-12(19)8-13(10)14(16,17)18/h1-6,8H,7,19H2. The van der Waals surface area contributed by atoms with Gasteiger partial charge in [0.1, 0.15) is 5.82 Å². The van der Waals surface area contributed by atoms with Crippen LogP contribution in [-0.4, -0.2) is 0 Å². The van der Waals surface area contributed by atoms with Crippen molar-refractivity contribution < 1.29 is 17.6 Å². The van der Waals surface area contributed by atoms with Crippen molar-refractivity contribution in [2.75, 3.05) is 5.73 Å². The largest absolute Gasteiger partial charge is 0.416 e. The molecule has 0 unspecified atom stereocenters. The van der Waals surface area contributed by atoms with Crippen molar-refractivity contribution >= 4 is 5.69 Å². The van der Waals surface area contributed by atoms with Crippen LogP contribution in [-0.2, 0) is 12.6 Å². The van der Waals surface area contributed by atoms with Gasteiger partial charge in [0.05, 0.1) is 5.56 Å². The van der Waals surface area contributed by atoms with Gasteiger partial charge in [0.15, 0.2) is 0 Å². The number of benzene rings is 2. The third-order valence-electron chi connectivity index (χ3n) is 2.75. The number of hydrogen-bond acceptors (Lipinski definition) is 1. The Morgan fingerprint density at radius 2 is 1.58 bits per heavy atom. The Morgan fingerprint density at radius 3 is 2.16 bits per heavy atom. The van der Waals surface area contributed by atoms with Gasteiger partial charge in [-0.15, -0.1) is 0 Å². The predicted molar refractivity (Wildman–Crippen MR) is 65.1 cm³/mol. The van der Waals surface area contributed by atoms with Crippen molar-refractivity contribution in [3.63, 3.8) is 0 Å². The van der Waals surface area contributed by atoms with Gasteiger partial charge >= 0.3 is 6.18 Å². The Bertz CT molecular complexity index is 573. The summed E-state index contributed by atoms with van der Waals surface area (Å²) in [6.45, 7) is 0. The molecule has 0 bridgehead atoms. The first-order valence-electron chi connectivity index (χ1n) is 5.56. The molecule has 0 saturated heterocycles. The molecule has 19 heavy (non-hydrogen) atoms. The average molecular weight is 269 g/mol. The van der Waals surface area contributed by atoms with E-state index >= 15 is 0 Å². The van der Waals surface area contributed by atoms with Crippen molar-refractivity contribution in [1.82, 2.24) is 0 Å². The molecule has 0 spiro atoms. The van der Waals surface area contributed by atoms with Crippen molar-refractivity contribution in [2.45, 2.75) is 12.6 Å². The third kappa shape index (κ3) is 3.24. The zero-order chi connectivity index (χ0) is 14.0. The van der Waals surface area contributed by atoms with Crippen LogP contribution in [0, 0.1) is 5.82 Å². The number of rotatable bonds is 2. The minimum Gasteiger partial charge on any atom is -0.399 e. The maximum atomic E-state index is 12.9. The van der Waals surface area contributed by atoms with Crippen LogP contribution < -0.4 is 5.73 Å². The minimum atomic E-state index is -4.45. The lowest BCUT2D eigenvalue weighted by Gasteiger charge is -2.13. The number of halogens is 4. The van der Waals surface area contributed by atoms with Gasteiger partial charge in [-0.05, 0) is 41.8 Å². The summed E-state index contributed by atoms with van der Waals surface area (Å²) in [5.41, 5.74) is 5.43. The topological polar surface area (TPSA) is 26.0 Å². The van der Waals surface area contributed by atoms with Gasteiger partial charge in [-0.2, -0.15) is 13.2 Å². The summed E-state index contributed by atoms with van der Waals surface area (Å²) in [6, 6.07) is 9.06. The summed E-state index contributed by atoms with van der Waals surface area (Å²) in [7, 11) is 0. The van der Waals surface area contributed by atoms with Crippen molar-refractivity contribution in [1.29, 1.82) is 0 Å². The predicted octanol–water partition coefficient (Wildman–Crippen LogP) is 4.02. The van der Waals surface area contributed by atoms with Gasteiger partial charge in [0.25, 0.3) is 0 Å². The summed E-state index contributed by atoms with van der Waals surface area (Å²) < 4.78 is 51.4. The molecular weight excluding hydrogens is 258 g/mol. The van der Waals surface area contributed by atoms with Gasteiger partial charge in [-0.3, -0.25) is 0 Å². The Hall–Kier alpha value is -2.04. The van der Waals surface area contributed by atoms with E-state index in [-0.39, 0.29) is 17.7 Å². The summed E-state index contributed by atoms with van der Waals surface area (Å²) in [5, 5.41) is 0. The molecule has 2 N–H and O–H groups in total. The summed E-state index contributed by atoms with van der Waals surface area (Å²) in [5.74, 6) is -0.419. The molecule has 5 heteroatoms. The second-order valence-corrected chi connectivity index (χ2v) is 4.22. The van der Waals surface area contributed by atoms with Crippen molar-refractivity contribution in [3.8, 4) is 0 Å². The highest BCUT2D eigenvalue weighted by Gasteiger charge is 2.33. The first kappa shape index (κ1) is 13.4. The molecule has 0 aliphatic rings. The second-order valence-electron chi connectivity index (χ2n) is 4.22. The van der Waals surface area contributed by atoms with E-state index < -0.39 is 17.6 Å². The summed E-state index contributed by atoms with van der Waals surface area (Å²) in [6.07, 6.45) is -4.37. The normalized spacial score (nSPS) is 11.6. The lowest BCUT2D eigenvalue weighted by atomic mass is 9.99. The molecule has 1 nitrogen and oxygen atoms in total. The molecule has 0 heterocycles. The van der Waals surface area contributed by atoms with E-state index in [0.717, 1.165) is 6.07 Å². The van der Waals surface area contributed by atoms with Crippen LogP contribution in [0.2, 0.25) is 0 Å². The molecule has 2 aromatic rings. The SMILES string of the molecule is Nc1ccc(Cc2ccc(F)cc2)c(C(F)(F)F)c1. The van der Waals surface area contributed by atoms with Crippen LogP contribution in [0.15, 0.2) is 42.5 Å². The van der Waals surface area contributed by atoms with E-state index in [1.165, 1.54) is 36.4 Å². The molecule has 0 aliphatic heterocycles. The monoisotopic (exact) mass is 269 g/mol. The van der Waals surface area contributed by atoms with E-state index in [2.05, 4.69) is 0 Å². The Morgan fingerprint density at radius 1 is 0.947 bits per heavy atom. The fraction of sp³-hybridized carbons (Fsp3) is 0.143. The van der Waals surface area contributed by atoms with Gasteiger partial charge < -0.3 is 5.73 Å². The maximum absolute atomic E-state index is 12.9. The van der Waals surface area contributed by atoms with E-state index in [1.807, 2.05) is 0 Å². The zero-order valence-corrected chi connectivity index (χ0v) is 9.84. The molecule has 0 aliphatic carbocycles. The molecule has 2 aromatic carbocycles. The Labute approximate surface area is 107 Å². The van der Waals surface area contributed by atoms with Crippen LogP contribution in [0.1, 0.15) is 16.7 Å². The minimum absolute atomic E-state index is 0.0650. The molecule has 0 atom stereocenters. The Kier molecular flexibility index (Phi) is 3.46. The highest BCUT2D eigenvalue weighted by molar-refractivity contribution is 5.47. The van der Waals surface area contributed by atoms with E-state index in [1.54, 1.807) is 0 Å². The van der Waals surface area contributed by atoms with E-state index in [9.17, 15) is 17.6 Å². The highest BCUT2D eigenvalue weighted by Crippen LogP contribution is 2.34. The molecule has 0 amide bonds. The molecule has 0 aromatic heterocycles. The van der Waals surface area contributed by atoms with Crippen LogP contribution in [0.5, 0.6) is 0 Å². The summed E-state index contributed by atoms with van der Waals surface area (Å²) in [4.78, 5) is 0. The molecule has 0 radical (unpaired) electrons. The number of nitrogen functional groups attached to an aromatic ring is 1. The van der Waals surface area contributed by atoms with Crippen LogP contribution in [0.25, 0.3) is 0 Å². The smallest absolute Gasteiger partial charge is 0.399 e. The van der Waals surface area contributed by atoms with Crippen LogP contribution >= 0.6 is 0 Å². The molecule has 0 saturated carbocycles. The number of alkyl halides is 3. The van der Waals surface area contributed by atoms with Crippen molar-refractivity contribution in [2.24, 2.45) is 0 Å². The first-order chi connectivity index (χ1) is 8.86. The average Bonchev–Trinajstić information content (AvgIpc) is 2.33. The third-order valence-corrected chi connectivity index (χ3v) is 2.75. The molecule has 2 rings (SSSR count). The molecule has 100 valence electrons.